The van der Waals surface area contributed by atoms with Crippen LogP contribution in [0.3, 0.4) is 0 Å². The van der Waals surface area contributed by atoms with Crippen molar-refractivity contribution in [1.82, 2.24) is 5.32 Å². The molecule has 0 aromatic heterocycles. The van der Waals surface area contributed by atoms with Crippen LogP contribution in [0.5, 0.6) is 17.2 Å². The van der Waals surface area contributed by atoms with E-state index >= 15 is 0 Å². The number of hydrogen-bond acceptors (Lipinski definition) is 10. The van der Waals surface area contributed by atoms with E-state index in [4.69, 9.17) is 14.2 Å². The molecule has 4 aliphatic rings. The Labute approximate surface area is 437 Å². The number of carbonyl (C=O) groups excluding carboxylic acids is 5. The Morgan fingerprint density at radius 3 is 1.92 bits per heavy atom. The summed E-state index contributed by atoms with van der Waals surface area (Å²) in [5.74, 6) is 1.69. The highest BCUT2D eigenvalue weighted by molar-refractivity contribution is 8.77. The lowest BCUT2D eigenvalue weighted by atomic mass is 9.97. The standard InChI is InChI=1S/C59H66N4O8S2/c1-36-25-48-40(17-19-45-29-42-12-7-9-14-50(42)62(45)57(48)67)31-52(36)70-34-38-26-39(28-44(27-38)61-56(66)37(2)24-47(64)21-22-59(3,4)73-72-23-11-16-55(65)60-5)35-71-54-32-41-18-20-46-30-43-13-8-10-15-51(43)63(46)58(68)49(41)33-53(54)69-6/h7-10,12-15,25-28,31-33,37,45-46H,11,16-24,29-30,34-35H2,1-6H3,(H,60,65)(H,61,66)/t37-,45-,46-/m1/s1. The number of benzene rings is 5. The molecule has 12 nitrogen and oxygen atoms in total. The second-order valence-corrected chi connectivity index (χ2v) is 23.6. The predicted molar refractivity (Wildman–Crippen MR) is 291 cm³/mol. The van der Waals surface area contributed by atoms with Gasteiger partial charge in [-0.1, -0.05) is 64.9 Å². The van der Waals surface area contributed by atoms with Crippen LogP contribution in [0.2, 0.25) is 0 Å². The fourth-order valence-electron chi connectivity index (χ4n) is 10.6. The SMILES string of the molecule is CNC(=O)CCCSSC(C)(C)CCC(=O)C[C@@H](C)C(=O)Nc1cc(COc2cc3c(cc2C)C(=O)N2c4ccccc4C[C@H]2CC3)cc(COc2cc3c(cc2OC)C(=O)N2c4ccccc4C[C@H]2CC3)c1. The largest absolute Gasteiger partial charge is 0.493 e. The topological polar surface area (TPSA) is 144 Å². The summed E-state index contributed by atoms with van der Waals surface area (Å²) in [6.07, 6.45) is 7.24. The Hall–Kier alpha value is -6.25. The smallest absolute Gasteiger partial charge is 0.258 e. The minimum atomic E-state index is -0.577. The fraction of sp³-hybridized carbons (Fsp3) is 0.407. The van der Waals surface area contributed by atoms with Gasteiger partial charge in [0.15, 0.2) is 11.5 Å². The quantitative estimate of drug-likeness (QED) is 0.0571. The van der Waals surface area contributed by atoms with Gasteiger partial charge >= 0.3 is 0 Å². The van der Waals surface area contributed by atoms with Gasteiger partial charge in [-0.3, -0.25) is 24.0 Å². The first-order chi connectivity index (χ1) is 35.2. The van der Waals surface area contributed by atoms with Crippen molar-refractivity contribution >= 4 is 68.1 Å². The summed E-state index contributed by atoms with van der Waals surface area (Å²) in [5, 5.41) is 5.75. The summed E-state index contributed by atoms with van der Waals surface area (Å²) in [5.41, 5.74) is 10.5. The molecule has 5 aromatic rings. The number of anilines is 3. The number of aryl methyl sites for hydroxylation is 3. The van der Waals surface area contributed by atoms with Crippen molar-refractivity contribution in [2.75, 3.05) is 35.0 Å². The van der Waals surface area contributed by atoms with Crippen LogP contribution >= 0.6 is 21.6 Å². The number of hydrogen-bond donors (Lipinski definition) is 2. The number of amides is 4. The molecule has 4 aliphatic heterocycles. The number of fused-ring (bicyclic) bond motifs is 8. The molecule has 2 N–H and O–H groups in total. The molecule has 0 aliphatic carbocycles. The molecule has 0 radical (unpaired) electrons. The summed E-state index contributed by atoms with van der Waals surface area (Å²) in [6, 6.07) is 29.9. The van der Waals surface area contributed by atoms with Gasteiger partial charge in [-0.25, -0.2) is 0 Å². The van der Waals surface area contributed by atoms with Gasteiger partial charge in [0, 0.05) is 83.0 Å². The highest BCUT2D eigenvalue weighted by Crippen LogP contribution is 2.43. The molecular formula is C59H66N4O8S2. The van der Waals surface area contributed by atoms with Crippen LogP contribution in [0.4, 0.5) is 17.1 Å². The number of carbonyl (C=O) groups is 5. The molecule has 0 saturated heterocycles. The van der Waals surface area contributed by atoms with Gasteiger partial charge in [-0.2, -0.15) is 0 Å². The van der Waals surface area contributed by atoms with Crippen LogP contribution in [-0.4, -0.2) is 66.2 Å². The normalized spacial score (nSPS) is 17.0. The Bertz CT molecular complexity index is 2940. The van der Waals surface area contributed by atoms with E-state index in [2.05, 4.69) is 36.6 Å². The second-order valence-electron chi connectivity index (χ2n) is 20.5. The maximum Gasteiger partial charge on any atom is 0.258 e. The molecule has 73 heavy (non-hydrogen) atoms. The molecule has 4 heterocycles. The Morgan fingerprint density at radius 1 is 0.740 bits per heavy atom. The van der Waals surface area contributed by atoms with Crippen LogP contribution in [-0.2, 0) is 53.3 Å². The first-order valence-electron chi connectivity index (χ1n) is 25.6. The average molecular weight is 1020 g/mol. The van der Waals surface area contributed by atoms with E-state index in [1.54, 1.807) is 48.7 Å². The van der Waals surface area contributed by atoms with E-state index in [1.165, 1.54) is 11.1 Å². The zero-order valence-corrected chi connectivity index (χ0v) is 44.4. The van der Waals surface area contributed by atoms with Crippen LogP contribution in [0, 0.1) is 12.8 Å². The Morgan fingerprint density at radius 2 is 1.32 bits per heavy atom. The van der Waals surface area contributed by atoms with Crippen molar-refractivity contribution < 1.29 is 38.2 Å². The summed E-state index contributed by atoms with van der Waals surface area (Å²) >= 11 is 0. The van der Waals surface area contributed by atoms with Gasteiger partial charge in [-0.05, 0) is 166 Å². The molecule has 0 bridgehead atoms. The third-order valence-electron chi connectivity index (χ3n) is 14.6. The number of nitrogens with one attached hydrogen (secondary N) is 2. The minimum absolute atomic E-state index is 0.0223. The maximum absolute atomic E-state index is 14.2. The van der Waals surface area contributed by atoms with Gasteiger partial charge in [0.2, 0.25) is 11.8 Å². The number of rotatable bonds is 20. The van der Waals surface area contributed by atoms with E-state index in [0.29, 0.717) is 59.7 Å². The van der Waals surface area contributed by atoms with Crippen molar-refractivity contribution in [2.24, 2.45) is 5.92 Å². The van der Waals surface area contributed by atoms with Crippen molar-refractivity contribution in [2.45, 2.75) is 128 Å². The third-order valence-corrected chi connectivity index (χ3v) is 18.1. The molecule has 5 aromatic carbocycles. The first-order valence-corrected chi connectivity index (χ1v) is 27.9. The molecular weight excluding hydrogens is 957 g/mol. The third kappa shape index (κ3) is 11.8. The summed E-state index contributed by atoms with van der Waals surface area (Å²) in [6.45, 7) is 8.27. The lowest BCUT2D eigenvalue weighted by Gasteiger charge is -2.23. The van der Waals surface area contributed by atoms with Crippen molar-refractivity contribution in [3.63, 3.8) is 0 Å². The van der Waals surface area contributed by atoms with Gasteiger partial charge in [0.1, 0.15) is 24.7 Å². The van der Waals surface area contributed by atoms with E-state index in [1.807, 2.05) is 89.5 Å². The van der Waals surface area contributed by atoms with E-state index < -0.39 is 5.92 Å². The van der Waals surface area contributed by atoms with Gasteiger partial charge < -0.3 is 34.6 Å². The minimum Gasteiger partial charge on any atom is -0.493 e. The molecule has 14 heteroatoms. The molecule has 0 spiro atoms. The van der Waals surface area contributed by atoms with Crippen molar-refractivity contribution in [3.8, 4) is 17.2 Å². The molecule has 0 saturated carbocycles. The molecule has 0 fully saturated rings. The first kappa shape index (κ1) is 51.6. The van der Waals surface area contributed by atoms with Crippen LogP contribution in [0.1, 0.15) is 125 Å². The molecule has 0 unspecified atom stereocenters. The van der Waals surface area contributed by atoms with Crippen LogP contribution in [0.25, 0.3) is 0 Å². The van der Waals surface area contributed by atoms with E-state index in [0.717, 1.165) is 83.5 Å². The van der Waals surface area contributed by atoms with Crippen LogP contribution < -0.4 is 34.6 Å². The summed E-state index contributed by atoms with van der Waals surface area (Å²) in [7, 11) is 6.66. The zero-order valence-electron chi connectivity index (χ0n) is 42.8. The number of ether oxygens (including phenoxy) is 3. The second kappa shape index (κ2) is 22.5. The number of ketones is 1. The molecule has 4 amide bonds. The number of nitrogens with zero attached hydrogens (tertiary/aromatic N) is 2. The van der Waals surface area contributed by atoms with Gasteiger partial charge in [0.25, 0.3) is 11.8 Å². The fourth-order valence-corrected chi connectivity index (χ4v) is 13.3. The Kier molecular flexibility index (Phi) is 15.9. The molecule has 382 valence electrons. The lowest BCUT2D eigenvalue weighted by molar-refractivity contribution is -0.125. The molecule has 3 atom stereocenters. The predicted octanol–water partition coefficient (Wildman–Crippen LogP) is 11.2. The van der Waals surface area contributed by atoms with E-state index in [9.17, 15) is 24.0 Å². The van der Waals surface area contributed by atoms with Crippen molar-refractivity contribution in [3.05, 3.63) is 141 Å². The lowest BCUT2D eigenvalue weighted by Crippen LogP contribution is -2.36. The van der Waals surface area contributed by atoms with E-state index in [-0.39, 0.29) is 65.9 Å². The van der Waals surface area contributed by atoms with Gasteiger partial charge in [-0.15, -0.1) is 0 Å². The zero-order chi connectivity index (χ0) is 51.4. The van der Waals surface area contributed by atoms with Crippen molar-refractivity contribution in [1.29, 1.82) is 0 Å². The summed E-state index contributed by atoms with van der Waals surface area (Å²) < 4.78 is 18.8. The average Bonchev–Trinajstić information content (AvgIpc) is 3.87. The maximum atomic E-state index is 14.2. The monoisotopic (exact) mass is 1020 g/mol. The number of para-hydroxylation sites is 2. The van der Waals surface area contributed by atoms with Gasteiger partial charge in [0.05, 0.1) is 7.11 Å². The van der Waals surface area contributed by atoms with Crippen LogP contribution in [0.15, 0.2) is 91.0 Å². The Balaban J connectivity index is 0.904. The highest BCUT2D eigenvalue weighted by Gasteiger charge is 2.39. The molecule has 9 rings (SSSR count). The number of methoxy groups -OCH3 is 1. The number of Topliss-reactive ketones (excluding diaryl/α,β-unsaturated/α-hetero) is 1. The summed E-state index contributed by atoms with van der Waals surface area (Å²) in [4.78, 5) is 70.9. The highest BCUT2D eigenvalue weighted by atomic mass is 33.1.